The van der Waals surface area contributed by atoms with Gasteiger partial charge in [0.25, 0.3) is 11.1 Å². The number of rotatable bonds is 5. The normalized spacial score (nSPS) is 16.8. The van der Waals surface area contributed by atoms with Crippen molar-refractivity contribution < 1.29 is 14.0 Å². The largest absolute Gasteiger partial charge is 0.465 e. The molecule has 1 aliphatic heterocycles. The van der Waals surface area contributed by atoms with Crippen molar-refractivity contribution in [2.24, 2.45) is 0 Å². The lowest BCUT2D eigenvalue weighted by molar-refractivity contribution is -0.124. The fourth-order valence-corrected chi connectivity index (χ4v) is 3.12. The minimum absolute atomic E-state index is 0.257. The van der Waals surface area contributed by atoms with E-state index in [0.717, 1.165) is 17.3 Å². The molecular formula is C17H16N2O3S. The van der Waals surface area contributed by atoms with Crippen molar-refractivity contribution in [1.82, 2.24) is 9.80 Å². The van der Waals surface area contributed by atoms with Crippen molar-refractivity contribution >= 4 is 29.0 Å². The summed E-state index contributed by atoms with van der Waals surface area (Å²) in [5, 5.41) is -0.257. The van der Waals surface area contributed by atoms with Gasteiger partial charge in [0.15, 0.2) is 0 Å². The maximum absolute atomic E-state index is 12.4. The highest BCUT2D eigenvalue weighted by molar-refractivity contribution is 8.18. The summed E-state index contributed by atoms with van der Waals surface area (Å²) in [6, 6.07) is 13.4. The first-order chi connectivity index (χ1) is 11.1. The molecule has 1 aliphatic rings. The van der Waals surface area contributed by atoms with E-state index in [1.807, 2.05) is 42.3 Å². The summed E-state index contributed by atoms with van der Waals surface area (Å²) in [5.74, 6) is 0.282. The number of carbonyl (C=O) groups is 2. The molecule has 1 aromatic heterocycles. The second-order valence-corrected chi connectivity index (χ2v) is 6.26. The molecular weight excluding hydrogens is 312 g/mol. The molecule has 2 heterocycles. The molecule has 0 spiro atoms. The highest BCUT2D eigenvalue weighted by atomic mass is 32.2. The van der Waals surface area contributed by atoms with Crippen LogP contribution in [0.15, 0.2) is 58.1 Å². The Bertz CT molecular complexity index is 726. The SMILES string of the molecule is CN(Cc1ccccc1)CN1C(=O)S/C(=C/c2ccco2)C1=O. The van der Waals surface area contributed by atoms with E-state index in [1.54, 1.807) is 18.2 Å². The van der Waals surface area contributed by atoms with Gasteiger partial charge in [0, 0.05) is 12.6 Å². The minimum Gasteiger partial charge on any atom is -0.465 e. The molecule has 1 fully saturated rings. The van der Waals surface area contributed by atoms with E-state index in [0.29, 0.717) is 17.2 Å². The standard InChI is InChI=1S/C17H16N2O3S/c1-18(11-13-6-3-2-4-7-13)12-19-16(20)15(23-17(19)21)10-14-8-5-9-22-14/h2-10H,11-12H2,1H3/b15-10+. The smallest absolute Gasteiger partial charge is 0.294 e. The lowest BCUT2D eigenvalue weighted by Gasteiger charge is -2.22. The zero-order valence-corrected chi connectivity index (χ0v) is 13.5. The van der Waals surface area contributed by atoms with Crippen molar-refractivity contribution in [3.8, 4) is 0 Å². The Hall–Kier alpha value is -2.31. The molecule has 23 heavy (non-hydrogen) atoms. The number of benzene rings is 1. The van der Waals surface area contributed by atoms with E-state index in [1.165, 1.54) is 11.2 Å². The molecule has 6 heteroatoms. The average molecular weight is 328 g/mol. The number of carbonyl (C=O) groups excluding carboxylic acids is 2. The van der Waals surface area contributed by atoms with Crippen molar-refractivity contribution in [2.45, 2.75) is 6.54 Å². The lowest BCUT2D eigenvalue weighted by atomic mass is 10.2. The quantitative estimate of drug-likeness (QED) is 0.787. The van der Waals surface area contributed by atoms with E-state index in [2.05, 4.69) is 0 Å². The predicted octanol–water partition coefficient (Wildman–Crippen LogP) is 3.41. The van der Waals surface area contributed by atoms with Crippen LogP contribution >= 0.6 is 11.8 Å². The number of hydrogen-bond donors (Lipinski definition) is 0. The van der Waals surface area contributed by atoms with Gasteiger partial charge in [0.2, 0.25) is 0 Å². The van der Waals surface area contributed by atoms with Gasteiger partial charge in [0.05, 0.1) is 17.8 Å². The van der Waals surface area contributed by atoms with Crippen LogP contribution in [-0.4, -0.2) is 34.7 Å². The van der Waals surface area contributed by atoms with Gasteiger partial charge in [-0.1, -0.05) is 30.3 Å². The fraction of sp³-hybridized carbons (Fsp3) is 0.176. The highest BCUT2D eigenvalue weighted by Crippen LogP contribution is 2.32. The Morgan fingerprint density at radius 2 is 1.96 bits per heavy atom. The first kappa shape index (κ1) is 15.6. The summed E-state index contributed by atoms with van der Waals surface area (Å²) in [7, 11) is 1.88. The molecule has 2 amide bonds. The predicted molar refractivity (Wildman–Crippen MR) is 89.3 cm³/mol. The highest BCUT2D eigenvalue weighted by Gasteiger charge is 2.35. The summed E-state index contributed by atoms with van der Waals surface area (Å²) in [6.07, 6.45) is 3.13. The van der Waals surface area contributed by atoms with Crippen LogP contribution in [0.4, 0.5) is 4.79 Å². The second-order valence-electron chi connectivity index (χ2n) is 5.27. The molecule has 1 aromatic carbocycles. The number of amides is 2. The van der Waals surface area contributed by atoms with Crippen molar-refractivity contribution in [3.05, 3.63) is 65.0 Å². The molecule has 0 aliphatic carbocycles. The molecule has 1 saturated heterocycles. The molecule has 0 bridgehead atoms. The van der Waals surface area contributed by atoms with Crippen LogP contribution in [0.5, 0.6) is 0 Å². The van der Waals surface area contributed by atoms with Gasteiger partial charge >= 0.3 is 0 Å². The molecule has 118 valence electrons. The van der Waals surface area contributed by atoms with E-state index in [4.69, 9.17) is 4.42 Å². The Balaban J connectivity index is 1.66. The van der Waals surface area contributed by atoms with Crippen molar-refractivity contribution in [2.75, 3.05) is 13.7 Å². The van der Waals surface area contributed by atoms with E-state index in [-0.39, 0.29) is 17.8 Å². The minimum atomic E-state index is -0.281. The fourth-order valence-electron chi connectivity index (χ4n) is 2.31. The Labute approximate surface area is 138 Å². The first-order valence-corrected chi connectivity index (χ1v) is 7.96. The molecule has 2 aromatic rings. The summed E-state index contributed by atoms with van der Waals surface area (Å²) in [4.78, 5) is 28.0. The number of furan rings is 1. The molecule has 0 saturated carbocycles. The summed E-state index contributed by atoms with van der Waals surface area (Å²) < 4.78 is 5.19. The summed E-state index contributed by atoms with van der Waals surface area (Å²) in [5.41, 5.74) is 1.13. The monoisotopic (exact) mass is 328 g/mol. The summed E-state index contributed by atoms with van der Waals surface area (Å²) >= 11 is 0.940. The third-order valence-electron chi connectivity index (χ3n) is 3.37. The van der Waals surface area contributed by atoms with Crippen LogP contribution in [0.3, 0.4) is 0 Å². The van der Waals surface area contributed by atoms with Gasteiger partial charge in [-0.05, 0) is 36.5 Å². The number of thioether (sulfide) groups is 1. The van der Waals surface area contributed by atoms with Crippen molar-refractivity contribution in [1.29, 1.82) is 0 Å². The zero-order valence-electron chi connectivity index (χ0n) is 12.6. The van der Waals surface area contributed by atoms with E-state index in [9.17, 15) is 9.59 Å². The Morgan fingerprint density at radius 3 is 2.65 bits per heavy atom. The third kappa shape index (κ3) is 3.72. The maximum atomic E-state index is 12.4. The Kier molecular flexibility index (Phi) is 4.64. The average Bonchev–Trinajstić information content (AvgIpc) is 3.13. The van der Waals surface area contributed by atoms with Gasteiger partial charge in [0.1, 0.15) is 5.76 Å². The van der Waals surface area contributed by atoms with Gasteiger partial charge in [-0.25, -0.2) is 0 Å². The number of imide groups is 1. The lowest BCUT2D eigenvalue weighted by Crippen LogP contribution is -2.38. The summed E-state index contributed by atoms with van der Waals surface area (Å²) in [6.45, 7) is 0.925. The van der Waals surface area contributed by atoms with E-state index < -0.39 is 0 Å². The number of hydrogen-bond acceptors (Lipinski definition) is 5. The van der Waals surface area contributed by atoms with Gasteiger partial charge in [-0.2, -0.15) is 0 Å². The molecule has 0 N–H and O–H groups in total. The Morgan fingerprint density at radius 1 is 1.17 bits per heavy atom. The van der Waals surface area contributed by atoms with Crippen LogP contribution in [0.25, 0.3) is 6.08 Å². The second kappa shape index (κ2) is 6.85. The molecule has 0 unspecified atom stereocenters. The van der Waals surface area contributed by atoms with E-state index >= 15 is 0 Å². The van der Waals surface area contributed by atoms with Gasteiger partial charge in [-0.3, -0.25) is 19.4 Å². The topological polar surface area (TPSA) is 53.8 Å². The van der Waals surface area contributed by atoms with Crippen LogP contribution in [0.1, 0.15) is 11.3 Å². The maximum Gasteiger partial charge on any atom is 0.294 e. The molecule has 3 rings (SSSR count). The zero-order chi connectivity index (χ0) is 16.2. The molecule has 0 radical (unpaired) electrons. The molecule has 5 nitrogen and oxygen atoms in total. The third-order valence-corrected chi connectivity index (χ3v) is 4.28. The van der Waals surface area contributed by atoms with Gasteiger partial charge in [-0.15, -0.1) is 0 Å². The first-order valence-electron chi connectivity index (χ1n) is 7.15. The van der Waals surface area contributed by atoms with Crippen LogP contribution in [0, 0.1) is 0 Å². The van der Waals surface area contributed by atoms with Crippen molar-refractivity contribution in [3.63, 3.8) is 0 Å². The van der Waals surface area contributed by atoms with Crippen LogP contribution in [-0.2, 0) is 11.3 Å². The van der Waals surface area contributed by atoms with Crippen LogP contribution in [0.2, 0.25) is 0 Å². The van der Waals surface area contributed by atoms with Crippen LogP contribution < -0.4 is 0 Å². The molecule has 0 atom stereocenters. The number of nitrogens with zero attached hydrogens (tertiary/aromatic N) is 2. The van der Waals surface area contributed by atoms with Gasteiger partial charge < -0.3 is 4.42 Å².